The zero-order valence-corrected chi connectivity index (χ0v) is 18.1. The van der Waals surface area contributed by atoms with Gasteiger partial charge in [0.2, 0.25) is 5.88 Å². The Hall–Kier alpha value is -4.05. The smallest absolute Gasteiger partial charge is 0.274 e. The molecular weight excluding hydrogens is 422 g/mol. The molecule has 2 aliphatic rings. The first-order valence-electron chi connectivity index (χ1n) is 10.7. The number of methoxy groups -OCH3 is 1. The lowest BCUT2D eigenvalue weighted by molar-refractivity contribution is 0.0990. The molecule has 0 saturated carbocycles. The molecule has 2 N–H and O–H groups in total. The van der Waals surface area contributed by atoms with Crippen molar-refractivity contribution >= 4 is 29.0 Å². The normalized spacial score (nSPS) is 15.4. The van der Waals surface area contributed by atoms with Crippen LogP contribution in [0.4, 0.5) is 17.2 Å². The Morgan fingerprint density at radius 3 is 2.85 bits per heavy atom. The van der Waals surface area contributed by atoms with Crippen LogP contribution in [-0.2, 0) is 6.54 Å². The van der Waals surface area contributed by atoms with Gasteiger partial charge in [-0.1, -0.05) is 6.07 Å². The van der Waals surface area contributed by atoms with Crippen molar-refractivity contribution in [1.82, 2.24) is 20.3 Å². The lowest BCUT2D eigenvalue weighted by Crippen LogP contribution is -2.43. The number of carbonyl (C=O) groups excluding carboxylic acids is 2. The first-order valence-corrected chi connectivity index (χ1v) is 10.7. The number of hydrogen-bond donors (Lipinski definition) is 2. The standard InChI is InChI=1S/C23H23N7O3/c1-33-21-11-16-15(12-26-21)14-30(23(16)32)20-4-2-3-17(27-20)22(31)28-18-13-25-6-5-19(18)29-9-7-24-8-10-29/h2-6,11-13,24H,7-10,14H2,1H3,(H,28,31). The summed E-state index contributed by atoms with van der Waals surface area (Å²) in [5.41, 5.74) is 3.06. The van der Waals surface area contributed by atoms with Gasteiger partial charge < -0.3 is 20.3 Å². The third-order valence-corrected chi connectivity index (χ3v) is 5.72. The third-order valence-electron chi connectivity index (χ3n) is 5.72. The van der Waals surface area contributed by atoms with Crippen LogP contribution in [0, 0.1) is 0 Å². The van der Waals surface area contributed by atoms with E-state index in [9.17, 15) is 9.59 Å². The van der Waals surface area contributed by atoms with Crippen LogP contribution in [0.1, 0.15) is 26.4 Å². The Labute approximate surface area is 190 Å². The van der Waals surface area contributed by atoms with Crippen molar-refractivity contribution in [3.8, 4) is 5.88 Å². The van der Waals surface area contributed by atoms with Crippen LogP contribution in [0.3, 0.4) is 0 Å². The van der Waals surface area contributed by atoms with E-state index in [0.29, 0.717) is 29.5 Å². The topological polar surface area (TPSA) is 113 Å². The summed E-state index contributed by atoms with van der Waals surface area (Å²) in [6.45, 7) is 3.79. The van der Waals surface area contributed by atoms with E-state index in [1.165, 1.54) is 12.0 Å². The Morgan fingerprint density at radius 2 is 2.03 bits per heavy atom. The van der Waals surface area contributed by atoms with Crippen molar-refractivity contribution in [3.05, 3.63) is 65.7 Å². The molecule has 0 spiro atoms. The first-order chi connectivity index (χ1) is 16.1. The van der Waals surface area contributed by atoms with E-state index in [4.69, 9.17) is 4.74 Å². The molecule has 10 heteroatoms. The highest BCUT2D eigenvalue weighted by molar-refractivity contribution is 6.10. The fourth-order valence-electron chi connectivity index (χ4n) is 4.03. The van der Waals surface area contributed by atoms with Crippen LogP contribution in [0.2, 0.25) is 0 Å². The molecule has 5 rings (SSSR count). The monoisotopic (exact) mass is 445 g/mol. The van der Waals surface area contributed by atoms with Gasteiger partial charge in [0.1, 0.15) is 11.5 Å². The molecule has 0 atom stereocenters. The van der Waals surface area contributed by atoms with E-state index in [2.05, 4.69) is 30.5 Å². The van der Waals surface area contributed by atoms with Gasteiger partial charge in [-0.05, 0) is 18.2 Å². The minimum absolute atomic E-state index is 0.205. The molecule has 168 valence electrons. The average molecular weight is 445 g/mol. The summed E-state index contributed by atoms with van der Waals surface area (Å²) in [5, 5.41) is 6.25. The van der Waals surface area contributed by atoms with Crippen LogP contribution in [-0.4, -0.2) is 60.1 Å². The molecule has 0 aromatic carbocycles. The summed E-state index contributed by atoms with van der Waals surface area (Å²) >= 11 is 0. The van der Waals surface area contributed by atoms with E-state index in [1.807, 2.05) is 6.07 Å². The average Bonchev–Trinajstić information content (AvgIpc) is 3.20. The summed E-state index contributed by atoms with van der Waals surface area (Å²) in [6, 6.07) is 8.56. The van der Waals surface area contributed by atoms with Crippen LogP contribution in [0.25, 0.3) is 0 Å². The zero-order valence-electron chi connectivity index (χ0n) is 18.1. The number of carbonyl (C=O) groups is 2. The van der Waals surface area contributed by atoms with Crippen molar-refractivity contribution < 1.29 is 14.3 Å². The number of anilines is 3. The highest BCUT2D eigenvalue weighted by atomic mass is 16.5. The van der Waals surface area contributed by atoms with Crippen LogP contribution < -0.4 is 25.2 Å². The lowest BCUT2D eigenvalue weighted by Gasteiger charge is -2.30. The molecule has 2 amide bonds. The third kappa shape index (κ3) is 4.08. The van der Waals surface area contributed by atoms with Crippen LogP contribution in [0.15, 0.2) is 48.9 Å². The summed E-state index contributed by atoms with van der Waals surface area (Å²) in [4.78, 5) is 42.5. The molecule has 3 aromatic heterocycles. The van der Waals surface area contributed by atoms with Gasteiger partial charge in [-0.15, -0.1) is 0 Å². The summed E-state index contributed by atoms with van der Waals surface area (Å²) in [6.07, 6.45) is 4.98. The fraction of sp³-hybridized carbons (Fsp3) is 0.261. The van der Waals surface area contributed by atoms with Gasteiger partial charge in [-0.25, -0.2) is 9.97 Å². The zero-order chi connectivity index (χ0) is 22.8. The molecule has 2 aliphatic heterocycles. The molecule has 3 aromatic rings. The maximum absolute atomic E-state index is 13.0. The van der Waals surface area contributed by atoms with E-state index in [0.717, 1.165) is 37.4 Å². The highest BCUT2D eigenvalue weighted by Gasteiger charge is 2.30. The fourth-order valence-corrected chi connectivity index (χ4v) is 4.03. The van der Waals surface area contributed by atoms with Crippen LogP contribution >= 0.6 is 0 Å². The van der Waals surface area contributed by atoms with Gasteiger partial charge in [-0.2, -0.15) is 0 Å². The quantitative estimate of drug-likeness (QED) is 0.610. The summed E-state index contributed by atoms with van der Waals surface area (Å²) < 4.78 is 5.13. The Bertz CT molecular complexity index is 1210. The second kappa shape index (κ2) is 8.83. The molecular formula is C23H23N7O3. The Balaban J connectivity index is 1.36. The van der Waals surface area contributed by atoms with E-state index >= 15 is 0 Å². The minimum Gasteiger partial charge on any atom is -0.481 e. The molecule has 5 heterocycles. The van der Waals surface area contributed by atoms with Crippen molar-refractivity contribution in [1.29, 1.82) is 0 Å². The molecule has 0 radical (unpaired) electrons. The van der Waals surface area contributed by atoms with Gasteiger partial charge >= 0.3 is 0 Å². The molecule has 1 fully saturated rings. The first kappa shape index (κ1) is 20.8. The van der Waals surface area contributed by atoms with E-state index in [-0.39, 0.29) is 17.5 Å². The number of pyridine rings is 3. The number of nitrogens with zero attached hydrogens (tertiary/aromatic N) is 5. The second-order valence-electron chi connectivity index (χ2n) is 7.74. The molecule has 0 unspecified atom stereocenters. The molecule has 0 bridgehead atoms. The van der Waals surface area contributed by atoms with Crippen molar-refractivity contribution in [3.63, 3.8) is 0 Å². The maximum atomic E-state index is 13.0. The number of piperazine rings is 1. The number of hydrogen-bond acceptors (Lipinski definition) is 8. The minimum atomic E-state index is -0.367. The number of amides is 2. The van der Waals surface area contributed by atoms with Crippen molar-refractivity contribution in [2.45, 2.75) is 6.54 Å². The molecule has 1 saturated heterocycles. The molecule has 33 heavy (non-hydrogen) atoms. The van der Waals surface area contributed by atoms with E-state index < -0.39 is 0 Å². The summed E-state index contributed by atoms with van der Waals surface area (Å²) in [5.74, 6) is 0.205. The Kier molecular flexibility index (Phi) is 5.57. The molecule has 0 aliphatic carbocycles. The number of ether oxygens (including phenoxy) is 1. The van der Waals surface area contributed by atoms with Gasteiger partial charge in [-0.3, -0.25) is 19.5 Å². The second-order valence-corrected chi connectivity index (χ2v) is 7.74. The van der Waals surface area contributed by atoms with Gasteiger partial charge in [0.15, 0.2) is 0 Å². The Morgan fingerprint density at radius 1 is 1.18 bits per heavy atom. The number of nitrogens with one attached hydrogen (secondary N) is 2. The predicted molar refractivity (Wildman–Crippen MR) is 123 cm³/mol. The predicted octanol–water partition coefficient (Wildman–Crippen LogP) is 1.70. The summed E-state index contributed by atoms with van der Waals surface area (Å²) in [7, 11) is 1.51. The number of fused-ring (bicyclic) bond motifs is 1. The number of rotatable bonds is 5. The van der Waals surface area contributed by atoms with Crippen LogP contribution in [0.5, 0.6) is 5.88 Å². The van der Waals surface area contributed by atoms with E-state index in [1.54, 1.807) is 42.9 Å². The largest absolute Gasteiger partial charge is 0.481 e. The van der Waals surface area contributed by atoms with Crippen molar-refractivity contribution in [2.24, 2.45) is 0 Å². The molecule has 10 nitrogen and oxygen atoms in total. The van der Waals surface area contributed by atoms with Crippen molar-refractivity contribution in [2.75, 3.05) is 48.4 Å². The van der Waals surface area contributed by atoms with Gasteiger partial charge in [0.05, 0.1) is 36.8 Å². The van der Waals surface area contributed by atoms with Gasteiger partial charge in [0, 0.05) is 50.2 Å². The SMILES string of the molecule is COc1cc2c(cn1)CN(c1cccc(C(=O)Nc3cnccc3N3CCNCC3)n1)C2=O. The number of aromatic nitrogens is 3. The maximum Gasteiger partial charge on any atom is 0.274 e. The van der Waals surface area contributed by atoms with Gasteiger partial charge in [0.25, 0.3) is 11.8 Å². The highest BCUT2D eigenvalue weighted by Crippen LogP contribution is 2.29. The lowest BCUT2D eigenvalue weighted by atomic mass is 10.2.